The van der Waals surface area contributed by atoms with Crippen LogP contribution in [0.4, 0.5) is 8.78 Å². The molecule has 0 radical (unpaired) electrons. The van der Waals surface area contributed by atoms with Gasteiger partial charge in [0.1, 0.15) is 24.0 Å². The van der Waals surface area contributed by atoms with Gasteiger partial charge in [0.15, 0.2) is 0 Å². The third-order valence-electron chi connectivity index (χ3n) is 2.75. The Kier molecular flexibility index (Phi) is 4.93. The zero-order valence-electron chi connectivity index (χ0n) is 10.9. The minimum Gasteiger partial charge on any atom is -0.489 e. The van der Waals surface area contributed by atoms with Crippen molar-refractivity contribution in [3.05, 3.63) is 64.2 Å². The number of halogens is 3. The van der Waals surface area contributed by atoms with Gasteiger partial charge in [-0.05, 0) is 36.9 Å². The van der Waals surface area contributed by atoms with Crippen LogP contribution in [0.3, 0.4) is 0 Å². The van der Waals surface area contributed by atoms with Gasteiger partial charge in [-0.15, -0.1) is 0 Å². The van der Waals surface area contributed by atoms with E-state index < -0.39 is 11.6 Å². The Bertz CT molecular complexity index is 584. The molecule has 0 aromatic heterocycles. The average Bonchev–Trinajstić information content (AvgIpc) is 2.38. The van der Waals surface area contributed by atoms with E-state index in [9.17, 15) is 8.78 Å². The molecule has 0 unspecified atom stereocenters. The quantitative estimate of drug-likeness (QED) is 0.903. The summed E-state index contributed by atoms with van der Waals surface area (Å²) in [5.41, 5.74) is 1.24. The van der Waals surface area contributed by atoms with Crippen molar-refractivity contribution in [1.82, 2.24) is 5.32 Å². The van der Waals surface area contributed by atoms with Gasteiger partial charge in [-0.25, -0.2) is 8.78 Å². The maximum atomic E-state index is 13.1. The highest BCUT2D eigenvalue weighted by atomic mass is 35.5. The van der Waals surface area contributed by atoms with Crippen molar-refractivity contribution < 1.29 is 13.5 Å². The van der Waals surface area contributed by atoms with Gasteiger partial charge in [0.2, 0.25) is 0 Å². The Morgan fingerprint density at radius 3 is 2.50 bits per heavy atom. The molecule has 0 spiro atoms. The van der Waals surface area contributed by atoms with Crippen molar-refractivity contribution in [2.24, 2.45) is 0 Å². The fraction of sp³-hybridized carbons (Fsp3) is 0.200. The minimum absolute atomic E-state index is 0.0751. The number of benzene rings is 2. The lowest BCUT2D eigenvalue weighted by Crippen LogP contribution is -2.08. The van der Waals surface area contributed by atoms with Gasteiger partial charge < -0.3 is 10.1 Å². The first-order valence-corrected chi connectivity index (χ1v) is 6.47. The number of rotatable bonds is 5. The second kappa shape index (κ2) is 6.68. The average molecular weight is 298 g/mol. The summed E-state index contributed by atoms with van der Waals surface area (Å²) in [7, 11) is 1.80. The van der Waals surface area contributed by atoms with Crippen molar-refractivity contribution in [2.75, 3.05) is 7.05 Å². The van der Waals surface area contributed by atoms with Crippen molar-refractivity contribution in [3.63, 3.8) is 0 Å². The van der Waals surface area contributed by atoms with Crippen LogP contribution in [0.1, 0.15) is 11.1 Å². The summed E-state index contributed by atoms with van der Waals surface area (Å²) in [5.74, 6) is -0.646. The van der Waals surface area contributed by atoms with E-state index in [4.69, 9.17) is 16.3 Å². The third kappa shape index (κ3) is 3.68. The standard InChI is InChI=1S/C15H14ClF2NO/c1-19-8-13-14(16)3-2-4-15(13)20-9-10-5-11(17)7-12(18)6-10/h2-7,19H,8-9H2,1H3. The molecule has 0 atom stereocenters. The van der Waals surface area contributed by atoms with Crippen LogP contribution in [0.2, 0.25) is 5.02 Å². The Hall–Kier alpha value is -1.65. The van der Waals surface area contributed by atoms with Crippen LogP contribution >= 0.6 is 11.6 Å². The van der Waals surface area contributed by atoms with Crippen LogP contribution < -0.4 is 10.1 Å². The fourth-order valence-electron chi connectivity index (χ4n) is 1.88. The van der Waals surface area contributed by atoms with Crippen molar-refractivity contribution in [3.8, 4) is 5.75 Å². The first-order valence-electron chi connectivity index (χ1n) is 6.10. The van der Waals surface area contributed by atoms with Gasteiger partial charge in [0.05, 0.1) is 0 Å². The van der Waals surface area contributed by atoms with Crippen LogP contribution in [0.15, 0.2) is 36.4 Å². The maximum absolute atomic E-state index is 13.1. The zero-order valence-corrected chi connectivity index (χ0v) is 11.7. The molecule has 0 aliphatic carbocycles. The van der Waals surface area contributed by atoms with E-state index in [1.165, 1.54) is 12.1 Å². The van der Waals surface area contributed by atoms with Crippen LogP contribution in [0.25, 0.3) is 0 Å². The number of nitrogens with one attached hydrogen (secondary N) is 1. The Labute approximate surface area is 121 Å². The van der Waals surface area contributed by atoms with Crippen LogP contribution in [0.5, 0.6) is 5.75 Å². The van der Waals surface area contributed by atoms with Gasteiger partial charge in [0, 0.05) is 23.2 Å². The number of hydrogen-bond donors (Lipinski definition) is 1. The minimum atomic E-state index is -0.620. The SMILES string of the molecule is CNCc1c(Cl)cccc1OCc1cc(F)cc(F)c1. The lowest BCUT2D eigenvalue weighted by molar-refractivity contribution is 0.301. The largest absolute Gasteiger partial charge is 0.489 e. The summed E-state index contributed by atoms with van der Waals surface area (Å²) in [6.07, 6.45) is 0. The summed E-state index contributed by atoms with van der Waals surface area (Å²) in [5, 5.41) is 3.58. The fourth-order valence-corrected chi connectivity index (χ4v) is 2.11. The monoisotopic (exact) mass is 297 g/mol. The molecule has 0 amide bonds. The van der Waals surface area contributed by atoms with Crippen LogP contribution in [0, 0.1) is 11.6 Å². The molecule has 0 bridgehead atoms. The zero-order chi connectivity index (χ0) is 14.5. The van der Waals surface area contributed by atoms with Crippen molar-refractivity contribution >= 4 is 11.6 Å². The van der Waals surface area contributed by atoms with E-state index >= 15 is 0 Å². The molecule has 2 nitrogen and oxygen atoms in total. The summed E-state index contributed by atoms with van der Waals surface area (Å²) in [6.45, 7) is 0.623. The number of hydrogen-bond acceptors (Lipinski definition) is 2. The Morgan fingerprint density at radius 2 is 1.85 bits per heavy atom. The van der Waals surface area contributed by atoms with Gasteiger partial charge in [0.25, 0.3) is 0 Å². The lowest BCUT2D eigenvalue weighted by Gasteiger charge is -2.13. The van der Waals surface area contributed by atoms with Crippen LogP contribution in [-0.4, -0.2) is 7.05 Å². The molecule has 2 aromatic carbocycles. The normalized spacial score (nSPS) is 10.6. The molecule has 0 heterocycles. The predicted octanol–water partition coefficient (Wildman–Crippen LogP) is 3.92. The summed E-state index contributed by atoms with van der Waals surface area (Å²) < 4.78 is 31.8. The maximum Gasteiger partial charge on any atom is 0.126 e. The van der Waals surface area contributed by atoms with Crippen LogP contribution in [-0.2, 0) is 13.2 Å². The second-order valence-corrected chi connectivity index (χ2v) is 4.72. The molecule has 2 rings (SSSR count). The molecule has 0 fully saturated rings. The molecule has 0 saturated carbocycles. The Morgan fingerprint density at radius 1 is 1.15 bits per heavy atom. The molecule has 106 valence electrons. The van der Waals surface area contributed by atoms with Gasteiger partial charge in [-0.1, -0.05) is 17.7 Å². The molecule has 5 heteroatoms. The molecule has 2 aromatic rings. The first kappa shape index (κ1) is 14.8. The molecular formula is C15H14ClF2NO. The molecule has 0 aliphatic rings. The van der Waals surface area contributed by atoms with E-state index in [0.717, 1.165) is 11.6 Å². The Balaban J connectivity index is 2.16. The van der Waals surface area contributed by atoms with Crippen molar-refractivity contribution in [2.45, 2.75) is 13.2 Å². The topological polar surface area (TPSA) is 21.3 Å². The molecule has 1 N–H and O–H groups in total. The summed E-state index contributed by atoms with van der Waals surface area (Å²) in [4.78, 5) is 0. The van der Waals surface area contributed by atoms with E-state index in [1.807, 2.05) is 0 Å². The highest BCUT2D eigenvalue weighted by Crippen LogP contribution is 2.27. The first-order chi connectivity index (χ1) is 9.60. The summed E-state index contributed by atoms with van der Waals surface area (Å²) in [6, 6.07) is 8.62. The van der Waals surface area contributed by atoms with E-state index in [-0.39, 0.29) is 6.61 Å². The smallest absolute Gasteiger partial charge is 0.126 e. The molecule has 0 saturated heterocycles. The van der Waals surface area contributed by atoms with Gasteiger partial charge in [-0.2, -0.15) is 0 Å². The van der Waals surface area contributed by atoms with Gasteiger partial charge in [-0.3, -0.25) is 0 Å². The van der Waals surface area contributed by atoms with E-state index in [0.29, 0.717) is 22.9 Å². The predicted molar refractivity (Wildman–Crippen MR) is 74.9 cm³/mol. The molecule has 20 heavy (non-hydrogen) atoms. The highest BCUT2D eigenvalue weighted by Gasteiger charge is 2.08. The molecule has 0 aliphatic heterocycles. The van der Waals surface area contributed by atoms with E-state index in [2.05, 4.69) is 5.32 Å². The number of ether oxygens (including phenoxy) is 1. The summed E-state index contributed by atoms with van der Waals surface area (Å²) >= 11 is 6.10. The van der Waals surface area contributed by atoms with Crippen molar-refractivity contribution in [1.29, 1.82) is 0 Å². The highest BCUT2D eigenvalue weighted by molar-refractivity contribution is 6.31. The van der Waals surface area contributed by atoms with E-state index in [1.54, 1.807) is 25.2 Å². The lowest BCUT2D eigenvalue weighted by atomic mass is 10.2. The third-order valence-corrected chi connectivity index (χ3v) is 3.10. The second-order valence-electron chi connectivity index (χ2n) is 4.31. The van der Waals surface area contributed by atoms with Gasteiger partial charge >= 0.3 is 0 Å². The molecular weight excluding hydrogens is 284 g/mol.